The summed E-state index contributed by atoms with van der Waals surface area (Å²) in [6, 6.07) is 24.0. The van der Waals surface area contributed by atoms with Crippen molar-refractivity contribution < 1.29 is 0 Å². The summed E-state index contributed by atoms with van der Waals surface area (Å²) < 4.78 is 0. The maximum atomic E-state index is 5.13. The number of fused-ring (bicyclic) bond motifs is 5. The molecule has 0 amide bonds. The molecular formula is C44H41N. The van der Waals surface area contributed by atoms with Crippen molar-refractivity contribution in [1.29, 1.82) is 0 Å². The molecule has 0 aromatic heterocycles. The molecule has 45 heavy (non-hydrogen) atoms. The van der Waals surface area contributed by atoms with E-state index in [4.69, 9.17) is 4.99 Å². The molecule has 0 fully saturated rings. The van der Waals surface area contributed by atoms with Gasteiger partial charge in [-0.2, -0.15) is 0 Å². The van der Waals surface area contributed by atoms with E-state index in [9.17, 15) is 0 Å². The van der Waals surface area contributed by atoms with Gasteiger partial charge in [-0.1, -0.05) is 141 Å². The lowest BCUT2D eigenvalue weighted by molar-refractivity contribution is 0.676. The average Bonchev–Trinajstić information content (AvgIpc) is 3.40. The molecule has 0 spiro atoms. The Balaban J connectivity index is 1.39. The van der Waals surface area contributed by atoms with Crippen molar-refractivity contribution in [3.05, 3.63) is 179 Å². The van der Waals surface area contributed by atoms with E-state index < -0.39 is 0 Å². The maximum Gasteiger partial charge on any atom is 0.0668 e. The summed E-state index contributed by atoms with van der Waals surface area (Å²) in [5, 5.41) is 5.32. The minimum Gasteiger partial charge on any atom is -0.253 e. The highest BCUT2D eigenvalue weighted by Gasteiger charge is 2.25. The van der Waals surface area contributed by atoms with Gasteiger partial charge in [-0.05, 0) is 112 Å². The van der Waals surface area contributed by atoms with Gasteiger partial charge in [-0.15, -0.1) is 0 Å². The third-order valence-electron chi connectivity index (χ3n) is 9.07. The van der Waals surface area contributed by atoms with Gasteiger partial charge in [0.2, 0.25) is 0 Å². The quantitative estimate of drug-likeness (QED) is 0.144. The molecule has 1 heterocycles. The Kier molecular flexibility index (Phi) is 8.89. The van der Waals surface area contributed by atoms with Crippen molar-refractivity contribution in [3.63, 3.8) is 0 Å². The van der Waals surface area contributed by atoms with Gasteiger partial charge < -0.3 is 0 Å². The molecule has 0 bridgehead atoms. The summed E-state index contributed by atoms with van der Waals surface area (Å²) in [5.74, 6) is 0.332. The van der Waals surface area contributed by atoms with E-state index in [-0.39, 0.29) is 0 Å². The molecule has 0 saturated heterocycles. The van der Waals surface area contributed by atoms with Crippen molar-refractivity contribution in [1.82, 2.24) is 0 Å². The largest absolute Gasteiger partial charge is 0.253 e. The van der Waals surface area contributed by atoms with Crippen LogP contribution in [0.5, 0.6) is 0 Å². The third kappa shape index (κ3) is 5.91. The second-order valence-corrected chi connectivity index (χ2v) is 11.9. The lowest BCUT2D eigenvalue weighted by Gasteiger charge is -2.21. The zero-order valence-electron chi connectivity index (χ0n) is 26.7. The first-order valence-corrected chi connectivity index (χ1v) is 16.0. The van der Waals surface area contributed by atoms with Gasteiger partial charge in [-0.25, -0.2) is 0 Å². The molecule has 6 rings (SSSR count). The smallest absolute Gasteiger partial charge is 0.0668 e. The summed E-state index contributed by atoms with van der Waals surface area (Å²) >= 11 is 0. The minimum absolute atomic E-state index is 0.332. The topological polar surface area (TPSA) is 12.4 Å². The van der Waals surface area contributed by atoms with Crippen LogP contribution >= 0.6 is 0 Å². The van der Waals surface area contributed by atoms with Crippen LogP contribution in [0.1, 0.15) is 54.5 Å². The Hall–Kier alpha value is -5.01. The highest BCUT2D eigenvalue weighted by molar-refractivity contribution is 6.16. The van der Waals surface area contributed by atoms with E-state index in [2.05, 4.69) is 142 Å². The van der Waals surface area contributed by atoms with Gasteiger partial charge in [0.1, 0.15) is 0 Å². The second kappa shape index (κ2) is 13.3. The number of allylic oxidation sites excluding steroid dienone is 11. The second-order valence-electron chi connectivity index (χ2n) is 11.9. The van der Waals surface area contributed by atoms with Crippen molar-refractivity contribution >= 4 is 38.9 Å². The fourth-order valence-electron chi connectivity index (χ4n) is 6.88. The molecule has 1 unspecified atom stereocenters. The lowest BCUT2D eigenvalue weighted by atomic mass is 9.88. The van der Waals surface area contributed by atoms with Crippen molar-refractivity contribution in [2.24, 2.45) is 10.9 Å². The molecule has 4 aromatic rings. The molecule has 0 radical (unpaired) electrons. The first-order valence-electron chi connectivity index (χ1n) is 16.0. The lowest BCUT2D eigenvalue weighted by Crippen LogP contribution is -2.14. The number of aliphatic imine (C=N–C) groups is 1. The number of nitrogens with zero attached hydrogens (tertiary/aromatic N) is 1. The van der Waals surface area contributed by atoms with E-state index in [1.807, 2.05) is 19.1 Å². The molecule has 0 N–H and O–H groups in total. The molecule has 1 aliphatic heterocycles. The van der Waals surface area contributed by atoms with Crippen LogP contribution in [0.3, 0.4) is 0 Å². The standard InChI is InChI=1S/C44H41N/c1-6-9-11-20-37-31(5)36-21-14-15-22-39(36)44-40(37)26-25-38-30(4)35(29-41(38)44)24-23-32-27-42(33(16-7-2)17-8-3)45-43(28-32)34-18-12-10-13-19-34/h6-22,24-27,32H,2,4,23,28-29H2,1,3,5H3/b9-6-,17-8-,20-11-,33-16+,35-24-. The fraction of sp³-hybridized carbons (Fsp3) is 0.159. The Labute approximate surface area is 268 Å². The van der Waals surface area contributed by atoms with Crippen LogP contribution in [-0.2, 0) is 6.42 Å². The van der Waals surface area contributed by atoms with Crippen LogP contribution in [0.4, 0.5) is 0 Å². The van der Waals surface area contributed by atoms with Gasteiger partial charge in [0.15, 0.2) is 0 Å². The molecule has 1 aliphatic carbocycles. The normalized spacial score (nSPS) is 18.1. The molecule has 1 nitrogen and oxygen atoms in total. The number of hydrogen-bond acceptors (Lipinski definition) is 1. The molecule has 4 aromatic carbocycles. The number of aryl methyl sites for hydroxylation is 1. The van der Waals surface area contributed by atoms with Gasteiger partial charge in [-0.3, -0.25) is 4.99 Å². The molecule has 222 valence electrons. The fourth-order valence-corrected chi connectivity index (χ4v) is 6.88. The predicted molar refractivity (Wildman–Crippen MR) is 198 cm³/mol. The summed E-state index contributed by atoms with van der Waals surface area (Å²) in [5.41, 5.74) is 12.2. The molecule has 0 saturated carbocycles. The Bertz CT molecular complexity index is 2020. The van der Waals surface area contributed by atoms with E-state index in [1.54, 1.807) is 0 Å². The molecule has 1 heteroatoms. The summed E-state index contributed by atoms with van der Waals surface area (Å²) in [4.78, 5) is 5.13. The van der Waals surface area contributed by atoms with E-state index in [0.717, 1.165) is 41.8 Å². The van der Waals surface area contributed by atoms with Crippen molar-refractivity contribution in [2.75, 3.05) is 0 Å². The average molecular weight is 584 g/mol. The van der Waals surface area contributed by atoms with Crippen LogP contribution < -0.4 is 0 Å². The van der Waals surface area contributed by atoms with Gasteiger partial charge in [0, 0.05) is 5.71 Å². The van der Waals surface area contributed by atoms with Gasteiger partial charge >= 0.3 is 0 Å². The SMILES string of the molecule is C=C/C=C(\C=C/C)C1=CC(C/C=C2/Cc3c(ccc4c(/C=C\C=C/C)c(C)c5ccccc5c34)C2=C)CC(c2ccccc2)=N1. The van der Waals surface area contributed by atoms with Crippen LogP contribution in [0, 0.1) is 12.8 Å². The summed E-state index contributed by atoms with van der Waals surface area (Å²) in [6.07, 6.45) is 24.2. The number of benzene rings is 4. The Morgan fingerprint density at radius 2 is 1.69 bits per heavy atom. The predicted octanol–water partition coefficient (Wildman–Crippen LogP) is 11.9. The Morgan fingerprint density at radius 1 is 0.911 bits per heavy atom. The zero-order valence-corrected chi connectivity index (χ0v) is 26.7. The van der Waals surface area contributed by atoms with Gasteiger partial charge in [0.25, 0.3) is 0 Å². The van der Waals surface area contributed by atoms with Crippen LogP contribution in [0.25, 0.3) is 33.2 Å². The number of rotatable bonds is 8. The third-order valence-corrected chi connectivity index (χ3v) is 9.07. The Morgan fingerprint density at radius 3 is 2.44 bits per heavy atom. The number of hydrogen-bond donors (Lipinski definition) is 0. The van der Waals surface area contributed by atoms with Crippen LogP contribution in [-0.4, -0.2) is 5.71 Å². The summed E-state index contributed by atoms with van der Waals surface area (Å²) in [6.45, 7) is 14.9. The van der Waals surface area contributed by atoms with E-state index in [0.29, 0.717) is 5.92 Å². The highest BCUT2D eigenvalue weighted by Crippen LogP contribution is 2.44. The molecule has 1 atom stereocenters. The minimum atomic E-state index is 0.332. The van der Waals surface area contributed by atoms with Crippen molar-refractivity contribution in [3.8, 4) is 0 Å². The van der Waals surface area contributed by atoms with Crippen LogP contribution in [0.2, 0.25) is 0 Å². The highest BCUT2D eigenvalue weighted by atomic mass is 14.8. The van der Waals surface area contributed by atoms with Crippen LogP contribution in [0.15, 0.2) is 156 Å². The van der Waals surface area contributed by atoms with Crippen molar-refractivity contribution in [2.45, 2.75) is 40.0 Å². The molecule has 2 aliphatic rings. The first-order chi connectivity index (χ1) is 22.0. The zero-order chi connectivity index (χ0) is 31.3. The first kappa shape index (κ1) is 30.0. The molecular weight excluding hydrogens is 542 g/mol. The van der Waals surface area contributed by atoms with E-state index >= 15 is 0 Å². The maximum absolute atomic E-state index is 5.13. The summed E-state index contributed by atoms with van der Waals surface area (Å²) in [7, 11) is 0. The monoisotopic (exact) mass is 583 g/mol. The van der Waals surface area contributed by atoms with E-state index in [1.165, 1.54) is 54.9 Å². The van der Waals surface area contributed by atoms with Gasteiger partial charge in [0.05, 0.1) is 5.70 Å².